The van der Waals surface area contributed by atoms with Crippen molar-refractivity contribution >= 4 is 5.91 Å². The molecule has 4 heteroatoms. The van der Waals surface area contributed by atoms with Gasteiger partial charge in [0.25, 0.3) is 0 Å². The first kappa shape index (κ1) is 17.4. The Bertz CT molecular complexity index is 857. The van der Waals surface area contributed by atoms with Crippen molar-refractivity contribution in [2.75, 3.05) is 6.54 Å². The molecule has 0 unspecified atom stereocenters. The van der Waals surface area contributed by atoms with E-state index in [9.17, 15) is 4.79 Å². The molecule has 1 aromatic heterocycles. The summed E-state index contributed by atoms with van der Waals surface area (Å²) in [5.41, 5.74) is 3.17. The van der Waals surface area contributed by atoms with Crippen LogP contribution in [0.5, 0.6) is 0 Å². The Kier molecular flexibility index (Phi) is 4.71. The SMILES string of the molecule is C[C@@H](c1ccncn1)N1CC(c2ccccc2)(c2ccccc2)CCC1=O. The number of rotatable bonds is 4. The van der Waals surface area contributed by atoms with Gasteiger partial charge in [0.15, 0.2) is 0 Å². The Morgan fingerprint density at radius 3 is 2.15 bits per heavy atom. The fraction of sp³-hybridized carbons (Fsp3) is 0.261. The zero-order valence-corrected chi connectivity index (χ0v) is 15.5. The maximum atomic E-state index is 12.8. The van der Waals surface area contributed by atoms with E-state index in [1.807, 2.05) is 30.0 Å². The molecule has 1 saturated heterocycles. The van der Waals surface area contributed by atoms with Crippen molar-refractivity contribution in [2.24, 2.45) is 0 Å². The van der Waals surface area contributed by atoms with Crippen molar-refractivity contribution in [3.63, 3.8) is 0 Å². The number of carbonyl (C=O) groups excluding carboxylic acids is 1. The van der Waals surface area contributed by atoms with Crippen LogP contribution >= 0.6 is 0 Å². The minimum absolute atomic E-state index is 0.0902. The van der Waals surface area contributed by atoms with Gasteiger partial charge in [-0.2, -0.15) is 0 Å². The second-order valence-electron chi connectivity index (χ2n) is 7.15. The van der Waals surface area contributed by atoms with Crippen LogP contribution in [0.15, 0.2) is 79.3 Å². The Balaban J connectivity index is 1.77. The lowest BCUT2D eigenvalue weighted by Gasteiger charge is -2.45. The molecular weight excluding hydrogens is 334 g/mol. The van der Waals surface area contributed by atoms with E-state index in [0.29, 0.717) is 13.0 Å². The van der Waals surface area contributed by atoms with E-state index in [2.05, 4.69) is 58.5 Å². The highest BCUT2D eigenvalue weighted by Crippen LogP contribution is 2.42. The van der Waals surface area contributed by atoms with Gasteiger partial charge in [-0.15, -0.1) is 0 Å². The maximum Gasteiger partial charge on any atom is 0.223 e. The van der Waals surface area contributed by atoms with Crippen molar-refractivity contribution in [3.8, 4) is 0 Å². The predicted octanol–water partition coefficient (Wildman–Crippen LogP) is 4.15. The third-order valence-corrected chi connectivity index (χ3v) is 5.68. The van der Waals surface area contributed by atoms with Crippen molar-refractivity contribution in [3.05, 3.63) is 96.1 Å². The molecular formula is C23H23N3O. The molecule has 4 rings (SSSR count). The number of piperidine rings is 1. The van der Waals surface area contributed by atoms with Crippen LogP contribution in [0.2, 0.25) is 0 Å². The van der Waals surface area contributed by atoms with Crippen molar-refractivity contribution in [1.29, 1.82) is 0 Å². The summed E-state index contributed by atoms with van der Waals surface area (Å²) in [5.74, 6) is 0.184. The normalized spacial score (nSPS) is 17.5. The van der Waals surface area contributed by atoms with Crippen LogP contribution in [0.3, 0.4) is 0 Å². The van der Waals surface area contributed by atoms with Crippen LogP contribution in [0.25, 0.3) is 0 Å². The molecule has 136 valence electrons. The topological polar surface area (TPSA) is 46.1 Å². The minimum Gasteiger partial charge on any atom is -0.333 e. The first-order valence-corrected chi connectivity index (χ1v) is 9.37. The first-order chi connectivity index (χ1) is 13.2. The van der Waals surface area contributed by atoms with E-state index in [0.717, 1.165) is 12.1 Å². The summed E-state index contributed by atoms with van der Waals surface area (Å²) < 4.78 is 0. The van der Waals surface area contributed by atoms with Crippen LogP contribution in [0.4, 0.5) is 0 Å². The van der Waals surface area contributed by atoms with E-state index in [-0.39, 0.29) is 17.4 Å². The summed E-state index contributed by atoms with van der Waals surface area (Å²) in [7, 11) is 0. The Hall–Kier alpha value is -3.01. The van der Waals surface area contributed by atoms with Gasteiger partial charge in [0.2, 0.25) is 5.91 Å². The Labute approximate surface area is 159 Å². The third-order valence-electron chi connectivity index (χ3n) is 5.68. The van der Waals surface area contributed by atoms with E-state index in [4.69, 9.17) is 0 Å². The van der Waals surface area contributed by atoms with Gasteiger partial charge in [-0.3, -0.25) is 4.79 Å². The number of nitrogens with zero attached hydrogens (tertiary/aromatic N) is 3. The van der Waals surface area contributed by atoms with Crippen molar-refractivity contribution in [1.82, 2.24) is 14.9 Å². The van der Waals surface area contributed by atoms with E-state index < -0.39 is 0 Å². The molecule has 0 N–H and O–H groups in total. The molecule has 4 nitrogen and oxygen atoms in total. The monoisotopic (exact) mass is 357 g/mol. The van der Waals surface area contributed by atoms with Gasteiger partial charge < -0.3 is 4.90 Å². The second kappa shape index (κ2) is 7.31. The summed E-state index contributed by atoms with van der Waals surface area (Å²) in [5, 5.41) is 0. The molecule has 1 aliphatic rings. The Morgan fingerprint density at radius 2 is 1.59 bits per heavy atom. The third kappa shape index (κ3) is 3.23. The number of aromatic nitrogens is 2. The molecule has 1 amide bonds. The summed E-state index contributed by atoms with van der Waals surface area (Å²) in [4.78, 5) is 23.2. The summed E-state index contributed by atoms with van der Waals surface area (Å²) >= 11 is 0. The summed E-state index contributed by atoms with van der Waals surface area (Å²) in [6.07, 6.45) is 4.61. The lowest BCUT2D eigenvalue weighted by Crippen LogP contribution is -2.50. The summed E-state index contributed by atoms with van der Waals surface area (Å²) in [6.45, 7) is 2.69. The molecule has 0 spiro atoms. The highest BCUT2D eigenvalue weighted by molar-refractivity contribution is 5.78. The van der Waals surface area contributed by atoms with Gasteiger partial charge in [0.05, 0.1) is 11.7 Å². The molecule has 1 fully saturated rings. The lowest BCUT2D eigenvalue weighted by atomic mass is 9.69. The van der Waals surface area contributed by atoms with E-state index in [1.165, 1.54) is 11.1 Å². The van der Waals surface area contributed by atoms with Gasteiger partial charge in [-0.05, 0) is 30.5 Å². The molecule has 0 radical (unpaired) electrons. The summed E-state index contributed by atoms with van der Waals surface area (Å²) in [6, 6.07) is 22.9. The smallest absolute Gasteiger partial charge is 0.223 e. The van der Waals surface area contributed by atoms with Crippen molar-refractivity contribution in [2.45, 2.75) is 31.2 Å². The van der Waals surface area contributed by atoms with Gasteiger partial charge in [0.1, 0.15) is 6.33 Å². The van der Waals surface area contributed by atoms with Crippen LogP contribution in [0.1, 0.15) is 42.6 Å². The molecule has 0 saturated carbocycles. The molecule has 2 aromatic carbocycles. The average molecular weight is 357 g/mol. The maximum absolute atomic E-state index is 12.8. The molecule has 3 aromatic rings. The van der Waals surface area contributed by atoms with Crippen LogP contribution in [0, 0.1) is 0 Å². The van der Waals surface area contributed by atoms with Crippen LogP contribution in [-0.4, -0.2) is 27.3 Å². The largest absolute Gasteiger partial charge is 0.333 e. The quantitative estimate of drug-likeness (QED) is 0.705. The molecule has 1 aliphatic heterocycles. The molecule has 0 aliphatic carbocycles. The molecule has 2 heterocycles. The second-order valence-corrected chi connectivity index (χ2v) is 7.15. The molecule has 1 atom stereocenters. The molecule has 27 heavy (non-hydrogen) atoms. The highest BCUT2D eigenvalue weighted by atomic mass is 16.2. The van der Waals surface area contributed by atoms with Gasteiger partial charge in [-0.25, -0.2) is 9.97 Å². The van der Waals surface area contributed by atoms with Crippen LogP contribution in [-0.2, 0) is 10.2 Å². The highest BCUT2D eigenvalue weighted by Gasteiger charge is 2.43. The zero-order valence-electron chi connectivity index (χ0n) is 15.5. The first-order valence-electron chi connectivity index (χ1n) is 9.37. The van der Waals surface area contributed by atoms with Gasteiger partial charge >= 0.3 is 0 Å². The fourth-order valence-electron chi connectivity index (χ4n) is 4.13. The van der Waals surface area contributed by atoms with Crippen LogP contribution < -0.4 is 0 Å². The number of likely N-dealkylation sites (tertiary alicyclic amines) is 1. The minimum atomic E-state index is -0.211. The molecule has 0 bridgehead atoms. The number of benzene rings is 2. The standard InChI is InChI=1S/C23H23N3O/c1-18(21-13-15-24-17-25-21)26-16-23(14-12-22(26)27,19-8-4-2-5-9-19)20-10-6-3-7-11-20/h2-11,13,15,17-18H,12,14,16H2,1H3/t18-/m0/s1. The zero-order chi connectivity index (χ0) is 18.7. The van der Waals surface area contributed by atoms with E-state index in [1.54, 1.807) is 12.5 Å². The van der Waals surface area contributed by atoms with Crippen molar-refractivity contribution < 1.29 is 4.79 Å². The Morgan fingerprint density at radius 1 is 0.963 bits per heavy atom. The number of carbonyl (C=O) groups is 1. The van der Waals surface area contributed by atoms with E-state index >= 15 is 0 Å². The number of hydrogen-bond donors (Lipinski definition) is 0. The lowest BCUT2D eigenvalue weighted by molar-refractivity contribution is -0.137. The van der Waals surface area contributed by atoms with Gasteiger partial charge in [-0.1, -0.05) is 60.7 Å². The predicted molar refractivity (Wildman–Crippen MR) is 105 cm³/mol. The number of amides is 1. The fourth-order valence-corrected chi connectivity index (χ4v) is 4.13. The van der Waals surface area contributed by atoms with Gasteiger partial charge in [0, 0.05) is 24.6 Å². The average Bonchev–Trinajstić information content (AvgIpc) is 2.76. The number of hydrogen-bond acceptors (Lipinski definition) is 3.